The third kappa shape index (κ3) is 2.06. The van der Waals surface area contributed by atoms with Crippen molar-refractivity contribution in [3.05, 3.63) is 36.4 Å². The topological polar surface area (TPSA) is 82.8 Å². The van der Waals surface area contributed by atoms with Gasteiger partial charge in [-0.15, -0.1) is 0 Å². The molecule has 0 aliphatic rings. The SMILES string of the molecule is Cc1nc2cc(-c3nn(C(C)C)c4ccnc(N)c34)ccc2o1. The van der Waals surface area contributed by atoms with Crippen LogP contribution in [-0.4, -0.2) is 19.7 Å². The van der Waals surface area contributed by atoms with Crippen molar-refractivity contribution in [3.8, 4) is 11.3 Å². The van der Waals surface area contributed by atoms with Crippen LogP contribution in [0.1, 0.15) is 25.8 Å². The first-order valence-electron chi connectivity index (χ1n) is 7.55. The van der Waals surface area contributed by atoms with Crippen LogP contribution in [0.2, 0.25) is 0 Å². The normalized spacial score (nSPS) is 11.8. The predicted molar refractivity (Wildman–Crippen MR) is 90.1 cm³/mol. The molecule has 0 unspecified atom stereocenters. The Kier molecular flexibility index (Phi) is 2.87. The number of nitrogen functional groups attached to an aromatic ring is 1. The molecule has 6 heteroatoms. The molecule has 0 aliphatic heterocycles. The monoisotopic (exact) mass is 307 g/mol. The maximum Gasteiger partial charge on any atom is 0.192 e. The molecule has 0 bridgehead atoms. The lowest BCUT2D eigenvalue weighted by molar-refractivity contribution is 0.552. The van der Waals surface area contributed by atoms with Gasteiger partial charge in [0, 0.05) is 24.7 Å². The summed E-state index contributed by atoms with van der Waals surface area (Å²) in [7, 11) is 0. The van der Waals surface area contributed by atoms with E-state index >= 15 is 0 Å². The maximum absolute atomic E-state index is 6.13. The van der Waals surface area contributed by atoms with Crippen LogP contribution in [0.5, 0.6) is 0 Å². The minimum atomic E-state index is 0.228. The molecule has 0 atom stereocenters. The van der Waals surface area contributed by atoms with E-state index in [-0.39, 0.29) is 6.04 Å². The molecule has 0 saturated heterocycles. The number of fused-ring (bicyclic) bond motifs is 2. The zero-order valence-electron chi connectivity index (χ0n) is 13.2. The summed E-state index contributed by atoms with van der Waals surface area (Å²) >= 11 is 0. The van der Waals surface area contributed by atoms with Crippen molar-refractivity contribution in [3.63, 3.8) is 0 Å². The lowest BCUT2D eigenvalue weighted by atomic mass is 10.1. The highest BCUT2D eigenvalue weighted by atomic mass is 16.3. The number of aromatic nitrogens is 4. The predicted octanol–water partition coefficient (Wildman–Crippen LogP) is 3.71. The molecule has 3 heterocycles. The average molecular weight is 307 g/mol. The van der Waals surface area contributed by atoms with Crippen molar-refractivity contribution >= 4 is 27.8 Å². The van der Waals surface area contributed by atoms with E-state index in [1.54, 1.807) is 6.20 Å². The van der Waals surface area contributed by atoms with Crippen molar-refractivity contribution in [2.45, 2.75) is 26.8 Å². The molecule has 0 aliphatic carbocycles. The van der Waals surface area contributed by atoms with Crippen molar-refractivity contribution < 1.29 is 4.42 Å². The minimum Gasteiger partial charge on any atom is -0.441 e. The summed E-state index contributed by atoms with van der Waals surface area (Å²) < 4.78 is 7.51. The van der Waals surface area contributed by atoms with Crippen molar-refractivity contribution in [1.29, 1.82) is 0 Å². The van der Waals surface area contributed by atoms with E-state index in [1.165, 1.54) is 0 Å². The first kappa shape index (κ1) is 13.8. The Hall–Kier alpha value is -2.89. The van der Waals surface area contributed by atoms with Gasteiger partial charge < -0.3 is 10.2 Å². The molecule has 0 saturated carbocycles. The molecule has 23 heavy (non-hydrogen) atoms. The largest absolute Gasteiger partial charge is 0.441 e. The van der Waals surface area contributed by atoms with Gasteiger partial charge in [0.15, 0.2) is 11.5 Å². The van der Waals surface area contributed by atoms with Crippen LogP contribution in [0.15, 0.2) is 34.9 Å². The number of oxazole rings is 1. The molecule has 0 fully saturated rings. The van der Waals surface area contributed by atoms with E-state index in [1.807, 2.05) is 35.9 Å². The van der Waals surface area contributed by atoms with Crippen molar-refractivity contribution in [2.75, 3.05) is 5.73 Å². The molecule has 6 nitrogen and oxygen atoms in total. The Labute approximate surface area is 132 Å². The van der Waals surface area contributed by atoms with Gasteiger partial charge >= 0.3 is 0 Å². The van der Waals surface area contributed by atoms with E-state index in [0.29, 0.717) is 11.7 Å². The number of benzene rings is 1. The lowest BCUT2D eigenvalue weighted by Gasteiger charge is -2.06. The van der Waals surface area contributed by atoms with Crippen LogP contribution in [0.3, 0.4) is 0 Å². The Bertz CT molecular complexity index is 1030. The summed E-state index contributed by atoms with van der Waals surface area (Å²) in [6.45, 7) is 6.03. The summed E-state index contributed by atoms with van der Waals surface area (Å²) in [5, 5.41) is 5.65. The van der Waals surface area contributed by atoms with Gasteiger partial charge in [-0.2, -0.15) is 5.10 Å². The molecule has 3 aromatic heterocycles. The molecule has 4 rings (SSSR count). The molecule has 4 aromatic rings. The Balaban J connectivity index is 2.03. The summed E-state index contributed by atoms with van der Waals surface area (Å²) in [6, 6.07) is 8.04. The second-order valence-corrected chi connectivity index (χ2v) is 5.89. The van der Waals surface area contributed by atoms with Gasteiger partial charge in [-0.1, -0.05) is 0 Å². The van der Waals surface area contributed by atoms with Crippen LogP contribution in [0.25, 0.3) is 33.3 Å². The first-order valence-corrected chi connectivity index (χ1v) is 7.55. The number of anilines is 1. The van der Waals surface area contributed by atoms with Crippen LogP contribution in [0.4, 0.5) is 5.82 Å². The molecule has 1 aromatic carbocycles. The molecular formula is C17H17N5O. The van der Waals surface area contributed by atoms with E-state index < -0.39 is 0 Å². The van der Waals surface area contributed by atoms with Gasteiger partial charge in [-0.3, -0.25) is 4.68 Å². The number of hydrogen-bond donors (Lipinski definition) is 1. The van der Waals surface area contributed by atoms with E-state index in [9.17, 15) is 0 Å². The van der Waals surface area contributed by atoms with Gasteiger partial charge in [0.05, 0.1) is 10.9 Å². The smallest absolute Gasteiger partial charge is 0.192 e. The lowest BCUT2D eigenvalue weighted by Crippen LogP contribution is -2.02. The second kappa shape index (κ2) is 4.81. The van der Waals surface area contributed by atoms with Gasteiger partial charge in [-0.25, -0.2) is 9.97 Å². The zero-order chi connectivity index (χ0) is 16.1. The summed E-state index contributed by atoms with van der Waals surface area (Å²) in [4.78, 5) is 8.62. The highest BCUT2D eigenvalue weighted by Crippen LogP contribution is 2.33. The molecule has 116 valence electrons. The van der Waals surface area contributed by atoms with Crippen LogP contribution < -0.4 is 5.73 Å². The van der Waals surface area contributed by atoms with Crippen LogP contribution in [0, 0.1) is 6.92 Å². The Morgan fingerprint density at radius 3 is 2.83 bits per heavy atom. The number of nitrogens with two attached hydrogens (primary N) is 1. The number of hydrogen-bond acceptors (Lipinski definition) is 5. The summed E-state index contributed by atoms with van der Waals surface area (Å²) in [6.07, 6.45) is 1.71. The third-order valence-corrected chi connectivity index (χ3v) is 3.91. The van der Waals surface area contributed by atoms with Gasteiger partial charge in [0.2, 0.25) is 0 Å². The molecule has 0 radical (unpaired) electrons. The highest BCUT2D eigenvalue weighted by Gasteiger charge is 2.17. The average Bonchev–Trinajstić information content (AvgIpc) is 3.06. The van der Waals surface area contributed by atoms with Crippen LogP contribution >= 0.6 is 0 Å². The Morgan fingerprint density at radius 2 is 2.04 bits per heavy atom. The second-order valence-electron chi connectivity index (χ2n) is 5.89. The van der Waals surface area contributed by atoms with Gasteiger partial charge in [0.1, 0.15) is 17.0 Å². The van der Waals surface area contributed by atoms with E-state index in [4.69, 9.17) is 15.2 Å². The highest BCUT2D eigenvalue weighted by molar-refractivity contribution is 6.01. The Morgan fingerprint density at radius 1 is 1.22 bits per heavy atom. The van der Waals surface area contributed by atoms with Crippen molar-refractivity contribution in [2.24, 2.45) is 0 Å². The minimum absolute atomic E-state index is 0.228. The van der Waals surface area contributed by atoms with Gasteiger partial charge in [0.25, 0.3) is 0 Å². The summed E-state index contributed by atoms with van der Waals surface area (Å²) in [5.41, 5.74) is 10.5. The van der Waals surface area contributed by atoms with Gasteiger partial charge in [-0.05, 0) is 38.1 Å². The standard InChI is InChI=1S/C17H17N5O/c1-9(2)22-13-6-7-19-17(18)15(13)16(21-22)11-4-5-14-12(8-11)20-10(3)23-14/h4-9H,1-3H3,(H2,18,19). The number of aryl methyl sites for hydroxylation is 1. The van der Waals surface area contributed by atoms with E-state index in [0.717, 1.165) is 33.3 Å². The summed E-state index contributed by atoms with van der Waals surface area (Å²) in [5.74, 6) is 1.14. The fourth-order valence-corrected chi connectivity index (χ4v) is 2.90. The zero-order valence-corrected chi connectivity index (χ0v) is 13.2. The quantitative estimate of drug-likeness (QED) is 0.610. The molecule has 0 amide bonds. The number of pyridine rings is 1. The molecule has 2 N–H and O–H groups in total. The molecule has 0 spiro atoms. The fourth-order valence-electron chi connectivity index (χ4n) is 2.90. The number of nitrogens with zero attached hydrogens (tertiary/aromatic N) is 4. The van der Waals surface area contributed by atoms with E-state index in [2.05, 4.69) is 23.8 Å². The first-order chi connectivity index (χ1) is 11.0. The molecular weight excluding hydrogens is 290 g/mol. The van der Waals surface area contributed by atoms with Crippen LogP contribution in [-0.2, 0) is 0 Å². The number of rotatable bonds is 2. The maximum atomic E-state index is 6.13. The van der Waals surface area contributed by atoms with Crippen molar-refractivity contribution in [1.82, 2.24) is 19.7 Å². The fraction of sp³-hybridized carbons (Fsp3) is 0.235. The third-order valence-electron chi connectivity index (χ3n) is 3.91.